The Balaban J connectivity index is 1.45. The molecule has 6 nitrogen and oxygen atoms in total. The Morgan fingerprint density at radius 1 is 1.30 bits per heavy atom. The summed E-state index contributed by atoms with van der Waals surface area (Å²) in [5.74, 6) is -0.182. The van der Waals surface area contributed by atoms with E-state index in [1.165, 1.54) is 18.2 Å². The average Bonchev–Trinajstić information content (AvgIpc) is 2.99. The number of cyclic esters (lactones) is 1. The van der Waals surface area contributed by atoms with Crippen molar-refractivity contribution < 1.29 is 23.5 Å². The van der Waals surface area contributed by atoms with Crippen LogP contribution in [0.15, 0.2) is 24.3 Å². The molecule has 2 saturated heterocycles. The highest BCUT2D eigenvalue weighted by Gasteiger charge is 2.33. The van der Waals surface area contributed by atoms with E-state index in [2.05, 4.69) is 0 Å². The highest BCUT2D eigenvalue weighted by Crippen LogP contribution is 2.20. The first kappa shape index (κ1) is 15.6. The van der Waals surface area contributed by atoms with Crippen molar-refractivity contribution in [3.8, 4) is 5.75 Å². The van der Waals surface area contributed by atoms with Crippen LogP contribution in [0.2, 0.25) is 0 Å². The zero-order valence-electron chi connectivity index (χ0n) is 12.7. The van der Waals surface area contributed by atoms with E-state index in [4.69, 9.17) is 9.47 Å². The van der Waals surface area contributed by atoms with Crippen molar-refractivity contribution in [1.82, 2.24) is 9.80 Å². The van der Waals surface area contributed by atoms with Gasteiger partial charge >= 0.3 is 6.09 Å². The van der Waals surface area contributed by atoms with Crippen LogP contribution in [0.4, 0.5) is 9.18 Å². The van der Waals surface area contributed by atoms with Gasteiger partial charge in [-0.15, -0.1) is 0 Å². The van der Waals surface area contributed by atoms with Crippen LogP contribution in [0.3, 0.4) is 0 Å². The van der Waals surface area contributed by atoms with Crippen LogP contribution in [0.1, 0.15) is 12.8 Å². The van der Waals surface area contributed by atoms with Gasteiger partial charge < -0.3 is 19.3 Å². The molecule has 0 spiro atoms. The van der Waals surface area contributed by atoms with Crippen molar-refractivity contribution in [2.45, 2.75) is 18.9 Å². The molecule has 23 heavy (non-hydrogen) atoms. The molecule has 2 aliphatic rings. The number of likely N-dealkylation sites (tertiary alicyclic amines) is 1. The first-order chi connectivity index (χ1) is 11.1. The minimum absolute atomic E-state index is 0.111. The molecule has 124 valence electrons. The fourth-order valence-electron chi connectivity index (χ4n) is 2.96. The fraction of sp³-hybridized carbons (Fsp3) is 0.500. The Kier molecular flexibility index (Phi) is 4.64. The molecule has 1 aromatic carbocycles. The van der Waals surface area contributed by atoms with Crippen LogP contribution in [0.25, 0.3) is 0 Å². The molecule has 2 amide bonds. The molecular weight excluding hydrogens is 303 g/mol. The Bertz CT molecular complexity index is 587. The first-order valence-corrected chi connectivity index (χ1v) is 7.73. The summed E-state index contributed by atoms with van der Waals surface area (Å²) in [6, 6.07) is 5.86. The van der Waals surface area contributed by atoms with Crippen molar-refractivity contribution in [1.29, 1.82) is 0 Å². The molecule has 0 aromatic heterocycles. The minimum Gasteiger partial charge on any atom is -0.484 e. The van der Waals surface area contributed by atoms with Crippen molar-refractivity contribution in [2.24, 2.45) is 0 Å². The van der Waals surface area contributed by atoms with Crippen molar-refractivity contribution >= 4 is 12.0 Å². The summed E-state index contributed by atoms with van der Waals surface area (Å²) in [5.41, 5.74) is 0. The van der Waals surface area contributed by atoms with E-state index in [0.717, 1.165) is 12.8 Å². The molecule has 2 aliphatic heterocycles. The summed E-state index contributed by atoms with van der Waals surface area (Å²) in [6.07, 6.45) is 1.21. The van der Waals surface area contributed by atoms with E-state index >= 15 is 0 Å². The molecule has 0 saturated carbocycles. The lowest BCUT2D eigenvalue weighted by Crippen LogP contribution is -2.48. The molecule has 2 heterocycles. The van der Waals surface area contributed by atoms with Crippen LogP contribution in [-0.4, -0.2) is 60.7 Å². The van der Waals surface area contributed by atoms with E-state index < -0.39 is 5.82 Å². The summed E-state index contributed by atoms with van der Waals surface area (Å²) >= 11 is 0. The third-order valence-electron chi connectivity index (χ3n) is 4.21. The second-order valence-corrected chi connectivity index (χ2v) is 5.67. The number of amides is 2. The molecule has 0 aliphatic carbocycles. The predicted molar refractivity (Wildman–Crippen MR) is 79.6 cm³/mol. The van der Waals surface area contributed by atoms with Gasteiger partial charge in [-0.3, -0.25) is 4.79 Å². The smallest absolute Gasteiger partial charge is 0.410 e. The lowest BCUT2D eigenvalue weighted by atomic mass is 10.0. The van der Waals surface area contributed by atoms with Gasteiger partial charge in [0.15, 0.2) is 6.61 Å². The normalized spacial score (nSPS) is 18.9. The van der Waals surface area contributed by atoms with Gasteiger partial charge in [0, 0.05) is 25.2 Å². The number of piperidine rings is 1. The van der Waals surface area contributed by atoms with Crippen LogP contribution in [-0.2, 0) is 9.53 Å². The highest BCUT2D eigenvalue weighted by molar-refractivity contribution is 5.78. The Morgan fingerprint density at radius 2 is 2.09 bits per heavy atom. The Morgan fingerprint density at radius 3 is 2.74 bits per heavy atom. The summed E-state index contributed by atoms with van der Waals surface area (Å²) < 4.78 is 23.3. The van der Waals surface area contributed by atoms with Gasteiger partial charge in [-0.25, -0.2) is 9.18 Å². The van der Waals surface area contributed by atoms with E-state index in [1.54, 1.807) is 15.9 Å². The Hall–Kier alpha value is -2.31. The third kappa shape index (κ3) is 3.72. The van der Waals surface area contributed by atoms with Crippen LogP contribution in [0, 0.1) is 5.82 Å². The zero-order chi connectivity index (χ0) is 16.2. The maximum Gasteiger partial charge on any atom is 0.410 e. The van der Waals surface area contributed by atoms with E-state index in [-0.39, 0.29) is 24.6 Å². The second-order valence-electron chi connectivity index (χ2n) is 5.67. The summed E-state index contributed by atoms with van der Waals surface area (Å²) in [6.45, 7) is 2.12. The van der Waals surface area contributed by atoms with Gasteiger partial charge in [-0.05, 0) is 25.0 Å². The number of rotatable bonds is 4. The Labute approximate surface area is 133 Å². The number of nitrogens with zero attached hydrogens (tertiary/aromatic N) is 2. The molecule has 2 fully saturated rings. The molecule has 0 atom stereocenters. The topological polar surface area (TPSA) is 59.1 Å². The number of ether oxygens (including phenoxy) is 2. The minimum atomic E-state index is -0.395. The second kappa shape index (κ2) is 6.85. The molecule has 7 heteroatoms. The van der Waals surface area contributed by atoms with Gasteiger partial charge in [0.05, 0.1) is 6.54 Å². The lowest BCUT2D eigenvalue weighted by Gasteiger charge is -2.35. The van der Waals surface area contributed by atoms with Crippen LogP contribution >= 0.6 is 0 Å². The van der Waals surface area contributed by atoms with E-state index in [9.17, 15) is 14.0 Å². The number of benzene rings is 1. The molecular formula is C16H19FN2O4. The number of carbonyl (C=O) groups is 2. The fourth-order valence-corrected chi connectivity index (χ4v) is 2.96. The number of halogens is 1. The number of hydrogen-bond donors (Lipinski definition) is 0. The summed E-state index contributed by atoms with van der Waals surface area (Å²) in [7, 11) is 0. The quantitative estimate of drug-likeness (QED) is 0.846. The third-order valence-corrected chi connectivity index (χ3v) is 4.21. The monoisotopic (exact) mass is 322 g/mol. The van der Waals surface area contributed by atoms with Gasteiger partial charge in [0.25, 0.3) is 5.91 Å². The number of hydrogen-bond acceptors (Lipinski definition) is 4. The van der Waals surface area contributed by atoms with Gasteiger partial charge in [-0.1, -0.05) is 6.07 Å². The van der Waals surface area contributed by atoms with Crippen molar-refractivity contribution in [2.75, 3.05) is 32.8 Å². The maximum absolute atomic E-state index is 13.1. The van der Waals surface area contributed by atoms with E-state index in [0.29, 0.717) is 32.0 Å². The standard InChI is InChI=1S/C16H19FN2O4/c17-12-2-1-3-14(10-12)23-11-15(20)18-6-4-13(5-7-18)19-8-9-22-16(19)21/h1-3,10,13H,4-9,11H2. The average molecular weight is 322 g/mol. The first-order valence-electron chi connectivity index (χ1n) is 7.73. The molecule has 0 bridgehead atoms. The van der Waals surface area contributed by atoms with Crippen LogP contribution < -0.4 is 4.74 Å². The van der Waals surface area contributed by atoms with Gasteiger partial charge in [0.1, 0.15) is 18.2 Å². The SMILES string of the molecule is O=C(COc1cccc(F)c1)N1CCC(N2CCOC2=O)CC1. The molecule has 0 N–H and O–H groups in total. The van der Waals surface area contributed by atoms with Gasteiger partial charge in [-0.2, -0.15) is 0 Å². The summed E-state index contributed by atoms with van der Waals surface area (Å²) in [4.78, 5) is 27.2. The largest absolute Gasteiger partial charge is 0.484 e. The molecule has 0 unspecified atom stereocenters. The van der Waals surface area contributed by atoms with Crippen molar-refractivity contribution in [3.05, 3.63) is 30.1 Å². The maximum atomic E-state index is 13.1. The molecule has 3 rings (SSSR count). The molecule has 1 aromatic rings. The zero-order valence-corrected chi connectivity index (χ0v) is 12.7. The summed E-state index contributed by atoms with van der Waals surface area (Å²) in [5, 5.41) is 0. The lowest BCUT2D eigenvalue weighted by molar-refractivity contribution is -0.134. The van der Waals surface area contributed by atoms with Crippen molar-refractivity contribution in [3.63, 3.8) is 0 Å². The molecule has 0 radical (unpaired) electrons. The van der Waals surface area contributed by atoms with Gasteiger partial charge in [0.2, 0.25) is 0 Å². The highest BCUT2D eigenvalue weighted by atomic mass is 19.1. The predicted octanol–water partition coefficient (Wildman–Crippen LogP) is 1.65. The van der Waals surface area contributed by atoms with Crippen LogP contribution in [0.5, 0.6) is 5.75 Å². The number of carbonyl (C=O) groups excluding carboxylic acids is 2. The van der Waals surface area contributed by atoms with E-state index in [1.807, 2.05) is 0 Å².